The molecule has 1 aliphatic heterocycles. The molecule has 1 fully saturated rings. The van der Waals surface area contributed by atoms with E-state index in [0.29, 0.717) is 11.3 Å². The van der Waals surface area contributed by atoms with E-state index in [1.807, 2.05) is 0 Å². The standard InChI is InChI=1S/C25H24FNO3/c1-16-2-4-17(5-3-16)23(29)15-14-22-24(18-6-12-21(28)13-7-18)27(25(22)30)20-10-8-19(26)9-11-20/h2-13,22-24,28-29H,14-15H2,1H3/t22-,23+,24-/m1/s1/i1D3,2D,3D,4D,5D. The molecule has 5 heteroatoms. The van der Waals surface area contributed by atoms with Crippen molar-refractivity contribution in [1.82, 2.24) is 0 Å². The number of carbonyl (C=O) groups excluding carboxylic acids is 1. The van der Waals surface area contributed by atoms with E-state index < -0.39 is 60.5 Å². The first-order chi connectivity index (χ1) is 17.3. The van der Waals surface area contributed by atoms with Gasteiger partial charge >= 0.3 is 0 Å². The Morgan fingerprint density at radius 1 is 1.10 bits per heavy atom. The van der Waals surface area contributed by atoms with Gasteiger partial charge in [-0.2, -0.15) is 0 Å². The Balaban J connectivity index is 1.61. The maximum Gasteiger partial charge on any atom is 0.233 e. The van der Waals surface area contributed by atoms with Crippen LogP contribution >= 0.6 is 0 Å². The van der Waals surface area contributed by atoms with Crippen molar-refractivity contribution in [1.29, 1.82) is 0 Å². The summed E-state index contributed by atoms with van der Waals surface area (Å²) in [7, 11) is 0. The van der Waals surface area contributed by atoms with E-state index >= 15 is 0 Å². The number of nitrogens with zero attached hydrogens (tertiary/aromatic N) is 1. The number of phenols is 1. The molecule has 0 unspecified atom stereocenters. The molecule has 0 saturated carbocycles. The first kappa shape index (κ1) is 13.2. The largest absolute Gasteiger partial charge is 0.508 e. The number of aliphatic hydroxyl groups is 1. The molecule has 1 amide bonds. The number of anilines is 1. The number of amides is 1. The minimum absolute atomic E-state index is 0.0403. The summed E-state index contributed by atoms with van der Waals surface area (Å²) in [6.07, 6.45) is -1.46. The molecule has 4 nitrogen and oxygen atoms in total. The van der Waals surface area contributed by atoms with Crippen molar-refractivity contribution in [2.45, 2.75) is 31.8 Å². The number of hydrogen-bond donors (Lipinski definition) is 2. The molecule has 1 heterocycles. The van der Waals surface area contributed by atoms with Crippen LogP contribution in [0, 0.1) is 18.6 Å². The highest BCUT2D eigenvalue weighted by atomic mass is 19.1. The highest BCUT2D eigenvalue weighted by Crippen LogP contribution is 2.46. The monoisotopic (exact) mass is 412 g/mol. The first-order valence-corrected chi connectivity index (χ1v) is 9.49. The Hall–Kier alpha value is -3.18. The van der Waals surface area contributed by atoms with Crippen molar-refractivity contribution < 1.29 is 29.0 Å². The van der Waals surface area contributed by atoms with Crippen LogP contribution in [0.1, 0.15) is 51.3 Å². The molecule has 0 radical (unpaired) electrons. The molecule has 2 N–H and O–H groups in total. The third-order valence-corrected chi connectivity index (χ3v) is 5.28. The fourth-order valence-electron chi connectivity index (χ4n) is 3.74. The third kappa shape index (κ3) is 3.94. The number of carbonyl (C=O) groups is 1. The van der Waals surface area contributed by atoms with Crippen molar-refractivity contribution in [3.63, 3.8) is 0 Å². The summed E-state index contributed by atoms with van der Waals surface area (Å²) in [5, 5.41) is 20.5. The summed E-state index contributed by atoms with van der Waals surface area (Å²) in [6, 6.07) is 8.44. The molecule has 30 heavy (non-hydrogen) atoms. The van der Waals surface area contributed by atoms with Gasteiger partial charge in [-0.25, -0.2) is 4.39 Å². The summed E-state index contributed by atoms with van der Waals surface area (Å²) in [6.45, 7) is -2.86. The van der Waals surface area contributed by atoms with Crippen molar-refractivity contribution in [2.24, 2.45) is 5.92 Å². The van der Waals surface area contributed by atoms with E-state index in [2.05, 4.69) is 0 Å². The maximum atomic E-state index is 13.4. The molecule has 3 aromatic carbocycles. The van der Waals surface area contributed by atoms with Gasteiger partial charge in [-0.05, 0) is 67.2 Å². The molecule has 0 aliphatic carbocycles. The second kappa shape index (κ2) is 8.28. The SMILES string of the molecule is [2H]c1c([2H])c(C([2H])([2H])[2H])c([2H])c([2H])c1[C@@H](O)CC[C@H]1C(=O)N(c2ccc(F)cc2)[C@@H]1c1ccc(O)cc1. The Labute approximate surface area is 185 Å². The van der Waals surface area contributed by atoms with Crippen LogP contribution in [0.4, 0.5) is 10.1 Å². The number of benzene rings is 3. The lowest BCUT2D eigenvalue weighted by Gasteiger charge is -2.48. The number of rotatable bonds is 6. The summed E-state index contributed by atoms with van der Waals surface area (Å²) in [4.78, 5) is 14.6. The summed E-state index contributed by atoms with van der Waals surface area (Å²) in [5.74, 6) is -1.32. The van der Waals surface area contributed by atoms with Gasteiger partial charge in [0.2, 0.25) is 5.91 Å². The smallest absolute Gasteiger partial charge is 0.233 e. The fraction of sp³-hybridized carbons (Fsp3) is 0.240. The number of aromatic hydroxyl groups is 1. The van der Waals surface area contributed by atoms with Crippen LogP contribution in [0.3, 0.4) is 0 Å². The number of hydrogen-bond acceptors (Lipinski definition) is 3. The summed E-state index contributed by atoms with van der Waals surface area (Å²) in [5.41, 5.74) is 0.134. The zero-order valence-electron chi connectivity index (χ0n) is 22.9. The van der Waals surface area contributed by atoms with E-state index in [4.69, 9.17) is 9.60 Å². The van der Waals surface area contributed by atoms with Crippen LogP contribution in [0.2, 0.25) is 0 Å². The van der Waals surface area contributed by atoms with E-state index in [9.17, 15) is 19.4 Å². The Morgan fingerprint density at radius 3 is 2.40 bits per heavy atom. The van der Waals surface area contributed by atoms with Crippen LogP contribution in [0.5, 0.6) is 5.75 Å². The first-order valence-electron chi connectivity index (χ1n) is 13.0. The van der Waals surface area contributed by atoms with Crippen LogP contribution in [-0.2, 0) is 4.79 Å². The highest BCUT2D eigenvalue weighted by Gasteiger charge is 2.48. The Kier molecular flexibility index (Phi) is 3.64. The normalized spacial score (nSPS) is 23.2. The van der Waals surface area contributed by atoms with Gasteiger partial charge < -0.3 is 15.1 Å². The van der Waals surface area contributed by atoms with Crippen LogP contribution < -0.4 is 4.90 Å². The van der Waals surface area contributed by atoms with E-state index in [-0.39, 0.29) is 30.1 Å². The minimum atomic E-state index is -2.86. The van der Waals surface area contributed by atoms with Crippen molar-refractivity contribution in [3.05, 3.63) is 95.2 Å². The van der Waals surface area contributed by atoms with Gasteiger partial charge in [0.05, 0.1) is 23.5 Å². The summed E-state index contributed by atoms with van der Waals surface area (Å²) >= 11 is 0. The Morgan fingerprint density at radius 2 is 1.77 bits per heavy atom. The van der Waals surface area contributed by atoms with E-state index in [1.165, 1.54) is 41.3 Å². The number of phenolic OH excluding ortho intramolecular Hbond substituents is 1. The molecule has 1 aliphatic rings. The van der Waals surface area contributed by atoms with Crippen molar-refractivity contribution in [3.8, 4) is 5.75 Å². The van der Waals surface area contributed by atoms with Gasteiger partial charge in [0.25, 0.3) is 0 Å². The summed E-state index contributed by atoms with van der Waals surface area (Å²) < 4.78 is 68.5. The maximum absolute atomic E-state index is 13.4. The molecule has 0 spiro atoms. The number of aliphatic hydroxyl groups excluding tert-OH is 1. The second-order valence-electron chi connectivity index (χ2n) is 7.21. The molecule has 0 bridgehead atoms. The Bertz CT molecular complexity index is 1300. The molecule has 154 valence electrons. The molecule has 4 rings (SSSR count). The number of β-lactam (4-membered cyclic amide) rings is 1. The lowest BCUT2D eigenvalue weighted by Crippen LogP contribution is -2.55. The van der Waals surface area contributed by atoms with Crippen molar-refractivity contribution >= 4 is 11.6 Å². The average Bonchev–Trinajstić information content (AvgIpc) is 2.82. The molecule has 3 aromatic rings. The highest BCUT2D eigenvalue weighted by molar-refractivity contribution is 6.03. The topological polar surface area (TPSA) is 60.8 Å². The average molecular weight is 413 g/mol. The second-order valence-corrected chi connectivity index (χ2v) is 7.21. The van der Waals surface area contributed by atoms with Crippen LogP contribution in [0.25, 0.3) is 0 Å². The molecule has 1 saturated heterocycles. The zero-order valence-corrected chi connectivity index (χ0v) is 15.9. The third-order valence-electron chi connectivity index (χ3n) is 5.28. The van der Waals surface area contributed by atoms with Crippen molar-refractivity contribution in [2.75, 3.05) is 4.90 Å². The van der Waals surface area contributed by atoms with Gasteiger partial charge in [-0.3, -0.25) is 4.79 Å². The molecular formula is C25H24FNO3. The minimum Gasteiger partial charge on any atom is -0.508 e. The molecule has 3 atom stereocenters. The number of halogens is 1. The van der Waals surface area contributed by atoms with E-state index in [1.54, 1.807) is 12.1 Å². The fourth-order valence-corrected chi connectivity index (χ4v) is 3.74. The predicted octanol–water partition coefficient (Wildman–Crippen LogP) is 5.06. The molecule has 0 aromatic heterocycles. The van der Waals surface area contributed by atoms with Gasteiger partial charge in [-0.15, -0.1) is 0 Å². The zero-order chi connectivity index (χ0) is 27.2. The lowest BCUT2D eigenvalue weighted by molar-refractivity contribution is -0.131. The molecular weight excluding hydrogens is 381 g/mol. The van der Waals surface area contributed by atoms with Gasteiger partial charge in [-0.1, -0.05) is 41.9 Å². The predicted molar refractivity (Wildman–Crippen MR) is 114 cm³/mol. The quantitative estimate of drug-likeness (QED) is 0.557. The lowest BCUT2D eigenvalue weighted by atomic mass is 9.78. The van der Waals surface area contributed by atoms with E-state index in [0.717, 1.165) is 0 Å². The van der Waals surface area contributed by atoms with Crippen LogP contribution in [-0.4, -0.2) is 16.1 Å². The van der Waals surface area contributed by atoms with Crippen LogP contribution in [0.15, 0.2) is 72.7 Å². The van der Waals surface area contributed by atoms with Gasteiger partial charge in [0.15, 0.2) is 0 Å². The van der Waals surface area contributed by atoms with Gasteiger partial charge in [0, 0.05) is 9.80 Å². The van der Waals surface area contributed by atoms with Gasteiger partial charge in [0.1, 0.15) is 11.6 Å².